The molecule has 2 rings (SSSR count). The number of halogens is 1. The fourth-order valence-corrected chi connectivity index (χ4v) is 2.48. The first-order valence-corrected chi connectivity index (χ1v) is 6.70. The molecule has 0 radical (unpaired) electrons. The second kappa shape index (κ2) is 5.19. The molecule has 0 aromatic heterocycles. The van der Waals surface area contributed by atoms with Gasteiger partial charge in [-0.3, -0.25) is 0 Å². The minimum atomic E-state index is 0.304. The summed E-state index contributed by atoms with van der Waals surface area (Å²) >= 11 is 3.33. The molecule has 2 nitrogen and oxygen atoms in total. The first kappa shape index (κ1) is 11.9. The highest BCUT2D eigenvalue weighted by Gasteiger charge is 2.29. The summed E-state index contributed by atoms with van der Waals surface area (Å²) in [5.74, 6) is 1.20. The van der Waals surface area contributed by atoms with Gasteiger partial charge in [0, 0.05) is 12.6 Å². The molecule has 1 fully saturated rings. The first-order valence-electron chi connectivity index (χ1n) is 5.91. The van der Waals surface area contributed by atoms with Gasteiger partial charge in [-0.1, -0.05) is 13.0 Å². The van der Waals surface area contributed by atoms with E-state index in [0.29, 0.717) is 11.8 Å². The van der Waals surface area contributed by atoms with Gasteiger partial charge in [0.05, 0.1) is 4.47 Å². The van der Waals surface area contributed by atoms with E-state index in [1.54, 1.807) is 6.07 Å². The highest BCUT2D eigenvalue weighted by Crippen LogP contribution is 2.34. The van der Waals surface area contributed by atoms with Crippen LogP contribution in [0.5, 0.6) is 5.75 Å². The Kier molecular flexibility index (Phi) is 3.87. The molecule has 0 spiro atoms. The molecule has 0 bridgehead atoms. The minimum Gasteiger partial charge on any atom is -0.507 e. The van der Waals surface area contributed by atoms with Gasteiger partial charge in [-0.25, -0.2) is 0 Å². The summed E-state index contributed by atoms with van der Waals surface area (Å²) in [5.41, 5.74) is 1.21. The zero-order valence-corrected chi connectivity index (χ0v) is 11.1. The Bertz CT molecular complexity index is 363. The van der Waals surface area contributed by atoms with Crippen LogP contribution in [-0.4, -0.2) is 11.1 Å². The van der Waals surface area contributed by atoms with Gasteiger partial charge in [-0.15, -0.1) is 0 Å². The third-order valence-electron chi connectivity index (χ3n) is 3.21. The maximum Gasteiger partial charge on any atom is 0.129 e. The van der Waals surface area contributed by atoms with Crippen LogP contribution in [-0.2, 0) is 6.54 Å². The van der Waals surface area contributed by atoms with Gasteiger partial charge < -0.3 is 10.4 Å². The molecule has 1 aromatic carbocycles. The van der Waals surface area contributed by atoms with Gasteiger partial charge in [0.25, 0.3) is 0 Å². The standard InChI is InChI=1S/C13H18BrNO/c1-2-12(10-4-5-10)15-8-9-3-6-13(16)11(14)7-9/h3,6-7,10,12,15-16H,2,4-5,8H2,1H3. The Morgan fingerprint density at radius 1 is 1.50 bits per heavy atom. The number of rotatable bonds is 5. The molecule has 0 saturated heterocycles. The fourth-order valence-electron chi connectivity index (χ4n) is 2.05. The van der Waals surface area contributed by atoms with Crippen molar-refractivity contribution in [2.24, 2.45) is 5.92 Å². The van der Waals surface area contributed by atoms with Crippen molar-refractivity contribution >= 4 is 15.9 Å². The molecular weight excluding hydrogens is 266 g/mol. The number of hydrogen-bond donors (Lipinski definition) is 2. The monoisotopic (exact) mass is 283 g/mol. The predicted octanol–water partition coefficient (Wildman–Crippen LogP) is 3.43. The number of aromatic hydroxyl groups is 1. The zero-order valence-electron chi connectivity index (χ0n) is 9.54. The van der Waals surface area contributed by atoms with Gasteiger partial charge >= 0.3 is 0 Å². The van der Waals surface area contributed by atoms with Crippen LogP contribution in [0.4, 0.5) is 0 Å². The summed E-state index contributed by atoms with van der Waals surface area (Å²) in [7, 11) is 0. The highest BCUT2D eigenvalue weighted by molar-refractivity contribution is 9.10. The molecule has 1 atom stereocenters. The largest absolute Gasteiger partial charge is 0.507 e. The predicted molar refractivity (Wildman–Crippen MR) is 69.4 cm³/mol. The third-order valence-corrected chi connectivity index (χ3v) is 3.85. The van der Waals surface area contributed by atoms with E-state index in [4.69, 9.17) is 0 Å². The van der Waals surface area contributed by atoms with E-state index < -0.39 is 0 Å². The molecule has 0 amide bonds. The van der Waals surface area contributed by atoms with Crippen molar-refractivity contribution in [1.82, 2.24) is 5.32 Å². The summed E-state index contributed by atoms with van der Waals surface area (Å²) in [5, 5.41) is 13.0. The van der Waals surface area contributed by atoms with Crippen LogP contribution < -0.4 is 5.32 Å². The van der Waals surface area contributed by atoms with Crippen LogP contribution >= 0.6 is 15.9 Å². The molecule has 0 heterocycles. The number of phenolic OH excluding ortho intramolecular Hbond substituents is 1. The average molecular weight is 284 g/mol. The van der Waals surface area contributed by atoms with E-state index in [1.807, 2.05) is 12.1 Å². The Labute approximate surface area is 105 Å². The van der Waals surface area contributed by atoms with E-state index in [-0.39, 0.29) is 0 Å². The lowest BCUT2D eigenvalue weighted by molar-refractivity contribution is 0.448. The summed E-state index contributed by atoms with van der Waals surface area (Å²) in [6.07, 6.45) is 3.96. The third kappa shape index (κ3) is 2.98. The SMILES string of the molecule is CCC(NCc1ccc(O)c(Br)c1)C1CC1. The zero-order chi connectivity index (χ0) is 11.5. The molecular formula is C13H18BrNO. The normalized spacial score (nSPS) is 17.4. The lowest BCUT2D eigenvalue weighted by atomic mass is 10.1. The molecule has 2 N–H and O–H groups in total. The van der Waals surface area contributed by atoms with Gasteiger partial charge in [0.15, 0.2) is 0 Å². The van der Waals surface area contributed by atoms with Gasteiger partial charge in [-0.2, -0.15) is 0 Å². The first-order chi connectivity index (χ1) is 7.70. The fraction of sp³-hybridized carbons (Fsp3) is 0.538. The van der Waals surface area contributed by atoms with Crippen molar-refractivity contribution in [3.63, 3.8) is 0 Å². The summed E-state index contributed by atoms with van der Waals surface area (Å²) in [6, 6.07) is 6.33. The smallest absolute Gasteiger partial charge is 0.129 e. The topological polar surface area (TPSA) is 32.3 Å². The number of hydrogen-bond acceptors (Lipinski definition) is 2. The lowest BCUT2D eigenvalue weighted by Gasteiger charge is -2.16. The van der Waals surface area contributed by atoms with Crippen LogP contribution in [0, 0.1) is 5.92 Å². The van der Waals surface area contributed by atoms with Crippen molar-refractivity contribution in [3.8, 4) is 5.75 Å². The molecule has 1 saturated carbocycles. The van der Waals surface area contributed by atoms with Gasteiger partial charge in [-0.05, 0) is 58.8 Å². The molecule has 1 aromatic rings. The van der Waals surface area contributed by atoms with E-state index in [0.717, 1.165) is 16.9 Å². The van der Waals surface area contributed by atoms with Gasteiger partial charge in [0.2, 0.25) is 0 Å². The molecule has 0 aliphatic heterocycles. The van der Waals surface area contributed by atoms with Crippen LogP contribution in [0.2, 0.25) is 0 Å². The van der Waals surface area contributed by atoms with E-state index in [1.165, 1.54) is 24.8 Å². The Morgan fingerprint density at radius 3 is 2.81 bits per heavy atom. The quantitative estimate of drug-likeness (QED) is 0.868. The Hall–Kier alpha value is -0.540. The Morgan fingerprint density at radius 2 is 2.25 bits per heavy atom. The van der Waals surface area contributed by atoms with Crippen LogP contribution in [0.15, 0.2) is 22.7 Å². The second-order valence-electron chi connectivity index (χ2n) is 4.52. The molecule has 1 aliphatic rings. The molecule has 1 unspecified atom stereocenters. The number of benzene rings is 1. The average Bonchev–Trinajstić information content (AvgIpc) is 3.08. The van der Waals surface area contributed by atoms with Crippen molar-refractivity contribution < 1.29 is 5.11 Å². The summed E-state index contributed by atoms with van der Waals surface area (Å²) < 4.78 is 0.770. The maximum absolute atomic E-state index is 9.40. The van der Waals surface area contributed by atoms with Crippen LogP contribution in [0.3, 0.4) is 0 Å². The number of nitrogens with one attached hydrogen (secondary N) is 1. The summed E-state index contributed by atoms with van der Waals surface area (Å²) in [4.78, 5) is 0. The molecule has 3 heteroatoms. The van der Waals surface area contributed by atoms with E-state index >= 15 is 0 Å². The van der Waals surface area contributed by atoms with Crippen molar-refractivity contribution in [2.45, 2.75) is 38.8 Å². The lowest BCUT2D eigenvalue weighted by Crippen LogP contribution is -2.29. The van der Waals surface area contributed by atoms with Gasteiger partial charge in [0.1, 0.15) is 5.75 Å². The summed E-state index contributed by atoms with van der Waals surface area (Å²) in [6.45, 7) is 3.12. The highest BCUT2D eigenvalue weighted by atomic mass is 79.9. The van der Waals surface area contributed by atoms with Crippen molar-refractivity contribution in [2.75, 3.05) is 0 Å². The molecule has 88 valence electrons. The maximum atomic E-state index is 9.40. The van der Waals surface area contributed by atoms with Crippen molar-refractivity contribution in [3.05, 3.63) is 28.2 Å². The van der Waals surface area contributed by atoms with Crippen molar-refractivity contribution in [1.29, 1.82) is 0 Å². The van der Waals surface area contributed by atoms with Crippen LogP contribution in [0.1, 0.15) is 31.7 Å². The molecule has 1 aliphatic carbocycles. The Balaban J connectivity index is 1.90. The van der Waals surface area contributed by atoms with E-state index in [9.17, 15) is 5.11 Å². The van der Waals surface area contributed by atoms with Crippen LogP contribution in [0.25, 0.3) is 0 Å². The van der Waals surface area contributed by atoms with E-state index in [2.05, 4.69) is 28.2 Å². The minimum absolute atomic E-state index is 0.304. The second-order valence-corrected chi connectivity index (χ2v) is 5.37. The molecule has 16 heavy (non-hydrogen) atoms. The number of phenols is 1.